The summed E-state index contributed by atoms with van der Waals surface area (Å²) in [7, 11) is 0. The third-order valence-electron chi connectivity index (χ3n) is 4.48. The first-order valence-electron chi connectivity index (χ1n) is 8.55. The standard InChI is InChI=1S/C20H19ClN4O/c21-17-6-7-18-16(8-17)9-19(24-18)20(26)22-10-15-11-23-25(13-15)12-14-4-2-1-3-5-14/h1-8,11,13,19,24H,9-10,12H2,(H,22,26). The van der Waals surface area contributed by atoms with Gasteiger partial charge in [-0.25, -0.2) is 0 Å². The minimum absolute atomic E-state index is 0.0202. The van der Waals surface area contributed by atoms with Gasteiger partial charge in [0.2, 0.25) is 5.91 Å². The molecule has 1 amide bonds. The van der Waals surface area contributed by atoms with Crippen LogP contribution in [0.25, 0.3) is 0 Å². The van der Waals surface area contributed by atoms with Gasteiger partial charge in [-0.1, -0.05) is 41.9 Å². The summed E-state index contributed by atoms with van der Waals surface area (Å²) in [6.07, 6.45) is 4.40. The van der Waals surface area contributed by atoms with Gasteiger partial charge >= 0.3 is 0 Å². The molecule has 5 nitrogen and oxygen atoms in total. The zero-order valence-corrected chi connectivity index (χ0v) is 14.9. The SMILES string of the molecule is O=C(NCc1cnn(Cc2ccccc2)c1)C1Cc2cc(Cl)ccc2N1. The first kappa shape index (κ1) is 16.7. The van der Waals surface area contributed by atoms with Crippen LogP contribution in [0.15, 0.2) is 60.9 Å². The van der Waals surface area contributed by atoms with Gasteiger partial charge in [0.05, 0.1) is 12.7 Å². The van der Waals surface area contributed by atoms with E-state index in [0.717, 1.165) is 23.4 Å². The van der Waals surface area contributed by atoms with Gasteiger partial charge in [-0.05, 0) is 29.3 Å². The molecule has 1 aliphatic heterocycles. The predicted molar refractivity (Wildman–Crippen MR) is 102 cm³/mol. The maximum atomic E-state index is 12.4. The molecule has 2 N–H and O–H groups in total. The van der Waals surface area contributed by atoms with Crippen molar-refractivity contribution in [2.75, 3.05) is 5.32 Å². The van der Waals surface area contributed by atoms with Crippen LogP contribution in [0.4, 0.5) is 5.69 Å². The number of nitrogens with one attached hydrogen (secondary N) is 2. The number of nitrogens with zero attached hydrogens (tertiary/aromatic N) is 2. The van der Waals surface area contributed by atoms with Crippen molar-refractivity contribution in [3.63, 3.8) is 0 Å². The van der Waals surface area contributed by atoms with E-state index in [4.69, 9.17) is 11.6 Å². The molecule has 6 heteroatoms. The third kappa shape index (κ3) is 3.73. The van der Waals surface area contributed by atoms with E-state index < -0.39 is 0 Å². The summed E-state index contributed by atoms with van der Waals surface area (Å²) < 4.78 is 1.88. The Labute approximate surface area is 157 Å². The van der Waals surface area contributed by atoms with E-state index in [0.29, 0.717) is 18.0 Å². The summed E-state index contributed by atoms with van der Waals surface area (Å²) in [5, 5.41) is 11.3. The van der Waals surface area contributed by atoms with Crippen LogP contribution in [0.3, 0.4) is 0 Å². The monoisotopic (exact) mass is 366 g/mol. The van der Waals surface area contributed by atoms with Crippen LogP contribution in [0.1, 0.15) is 16.7 Å². The normalized spacial score (nSPS) is 15.3. The number of fused-ring (bicyclic) bond motifs is 1. The van der Waals surface area contributed by atoms with Gasteiger partial charge in [0.1, 0.15) is 6.04 Å². The molecule has 1 aromatic heterocycles. The summed E-state index contributed by atoms with van der Waals surface area (Å²) >= 11 is 6.01. The molecule has 0 saturated heterocycles. The average Bonchev–Trinajstić information content (AvgIpc) is 3.27. The highest BCUT2D eigenvalue weighted by Gasteiger charge is 2.26. The van der Waals surface area contributed by atoms with Crippen LogP contribution in [0, 0.1) is 0 Å². The fraction of sp³-hybridized carbons (Fsp3) is 0.200. The van der Waals surface area contributed by atoms with Gasteiger partial charge < -0.3 is 10.6 Å². The van der Waals surface area contributed by atoms with Crippen molar-refractivity contribution >= 4 is 23.2 Å². The Morgan fingerprint density at radius 1 is 1.23 bits per heavy atom. The molecule has 132 valence electrons. The average molecular weight is 367 g/mol. The van der Waals surface area contributed by atoms with Crippen molar-refractivity contribution in [1.82, 2.24) is 15.1 Å². The molecule has 0 fully saturated rings. The smallest absolute Gasteiger partial charge is 0.243 e. The number of benzene rings is 2. The topological polar surface area (TPSA) is 59.0 Å². The van der Waals surface area contributed by atoms with Crippen molar-refractivity contribution in [2.24, 2.45) is 0 Å². The Kier molecular flexibility index (Phi) is 4.63. The first-order valence-corrected chi connectivity index (χ1v) is 8.93. The number of carbonyl (C=O) groups is 1. The Morgan fingerprint density at radius 2 is 2.08 bits per heavy atom. The molecule has 0 saturated carbocycles. The molecule has 0 spiro atoms. The van der Waals surface area contributed by atoms with Gasteiger partial charge in [0.25, 0.3) is 0 Å². The van der Waals surface area contributed by atoms with E-state index >= 15 is 0 Å². The van der Waals surface area contributed by atoms with Gasteiger partial charge in [-0.15, -0.1) is 0 Å². The number of carbonyl (C=O) groups excluding carboxylic acids is 1. The van der Waals surface area contributed by atoms with Crippen LogP contribution in [0.2, 0.25) is 5.02 Å². The number of hydrogen-bond acceptors (Lipinski definition) is 3. The second-order valence-corrected chi connectivity index (χ2v) is 6.89. The van der Waals surface area contributed by atoms with Gasteiger partial charge in [0.15, 0.2) is 0 Å². The molecular formula is C20H19ClN4O. The fourth-order valence-electron chi connectivity index (χ4n) is 3.16. The molecule has 1 atom stereocenters. The maximum absolute atomic E-state index is 12.4. The van der Waals surface area contributed by atoms with Crippen molar-refractivity contribution < 1.29 is 4.79 Å². The predicted octanol–water partition coefficient (Wildman–Crippen LogP) is 3.24. The number of amides is 1. The first-order chi connectivity index (χ1) is 12.7. The highest BCUT2D eigenvalue weighted by atomic mass is 35.5. The molecule has 4 rings (SSSR count). The highest BCUT2D eigenvalue weighted by Crippen LogP contribution is 2.28. The van der Waals surface area contributed by atoms with Crippen LogP contribution in [-0.4, -0.2) is 21.7 Å². The number of halogens is 1. The second-order valence-electron chi connectivity index (χ2n) is 6.45. The van der Waals surface area contributed by atoms with Crippen LogP contribution >= 0.6 is 11.6 Å². The molecule has 26 heavy (non-hydrogen) atoms. The molecule has 0 radical (unpaired) electrons. The summed E-state index contributed by atoms with van der Waals surface area (Å²) in [6.45, 7) is 1.18. The lowest BCUT2D eigenvalue weighted by Crippen LogP contribution is -2.37. The van der Waals surface area contributed by atoms with Crippen molar-refractivity contribution in [3.05, 3.63) is 82.6 Å². The Balaban J connectivity index is 1.31. The highest BCUT2D eigenvalue weighted by molar-refractivity contribution is 6.30. The van der Waals surface area contributed by atoms with E-state index in [1.807, 2.05) is 47.3 Å². The van der Waals surface area contributed by atoms with E-state index in [9.17, 15) is 4.79 Å². The van der Waals surface area contributed by atoms with Gasteiger partial charge in [-0.3, -0.25) is 9.48 Å². The number of anilines is 1. The Morgan fingerprint density at radius 3 is 2.92 bits per heavy atom. The minimum Gasteiger partial charge on any atom is -0.373 e. The fourth-order valence-corrected chi connectivity index (χ4v) is 3.35. The zero-order chi connectivity index (χ0) is 17.9. The number of rotatable bonds is 5. The second kappa shape index (κ2) is 7.22. The van der Waals surface area contributed by atoms with Gasteiger partial charge in [-0.2, -0.15) is 5.10 Å². The number of hydrogen-bond donors (Lipinski definition) is 2. The maximum Gasteiger partial charge on any atom is 0.243 e. The zero-order valence-electron chi connectivity index (χ0n) is 14.2. The van der Waals surface area contributed by atoms with E-state index in [1.165, 1.54) is 5.56 Å². The summed E-state index contributed by atoms with van der Waals surface area (Å²) in [4.78, 5) is 12.4. The summed E-state index contributed by atoms with van der Waals surface area (Å²) in [6, 6.07) is 15.6. The minimum atomic E-state index is -0.261. The van der Waals surface area contributed by atoms with E-state index in [-0.39, 0.29) is 11.9 Å². The van der Waals surface area contributed by atoms with Crippen LogP contribution in [0.5, 0.6) is 0 Å². The molecule has 1 unspecified atom stereocenters. The van der Waals surface area contributed by atoms with E-state index in [2.05, 4.69) is 27.9 Å². The molecule has 2 aromatic carbocycles. The van der Waals surface area contributed by atoms with Crippen LogP contribution < -0.4 is 10.6 Å². The van der Waals surface area contributed by atoms with Crippen LogP contribution in [-0.2, 0) is 24.3 Å². The lowest BCUT2D eigenvalue weighted by Gasteiger charge is -2.11. The summed E-state index contributed by atoms with van der Waals surface area (Å²) in [5.74, 6) is -0.0202. The molecule has 3 aromatic rings. The molecule has 0 aliphatic carbocycles. The molecular weight excluding hydrogens is 348 g/mol. The Hall–Kier alpha value is -2.79. The van der Waals surface area contributed by atoms with Crippen molar-refractivity contribution in [1.29, 1.82) is 0 Å². The summed E-state index contributed by atoms with van der Waals surface area (Å²) in [5.41, 5.74) is 4.23. The lowest BCUT2D eigenvalue weighted by atomic mass is 10.1. The largest absolute Gasteiger partial charge is 0.373 e. The van der Waals surface area contributed by atoms with Gasteiger partial charge in [0, 0.05) is 35.4 Å². The molecule has 1 aliphatic rings. The van der Waals surface area contributed by atoms with Crippen molar-refractivity contribution in [2.45, 2.75) is 25.6 Å². The third-order valence-corrected chi connectivity index (χ3v) is 4.71. The quantitative estimate of drug-likeness (QED) is 0.728. The Bertz CT molecular complexity index is 923. The molecule has 0 bridgehead atoms. The van der Waals surface area contributed by atoms with Crippen molar-refractivity contribution in [3.8, 4) is 0 Å². The van der Waals surface area contributed by atoms with E-state index in [1.54, 1.807) is 6.20 Å². The lowest BCUT2D eigenvalue weighted by molar-refractivity contribution is -0.121. The molecule has 2 heterocycles. The number of aromatic nitrogens is 2.